The van der Waals surface area contributed by atoms with E-state index in [1.54, 1.807) is 110 Å². The average molecular weight is 1520 g/mol. The number of Topliss-reactive ketones (excluding diaryl/α,β-unsaturated/α-hetero) is 2. The fourth-order valence-electron chi connectivity index (χ4n) is 9.84. The Labute approximate surface area is 643 Å². The van der Waals surface area contributed by atoms with Gasteiger partial charge in [0.2, 0.25) is 53.5 Å². The molecule has 6 aromatic carbocycles. The molecular formula is C74H101N33O4. The number of anilines is 2. The number of rotatable bonds is 32. The summed E-state index contributed by atoms with van der Waals surface area (Å²) in [4.78, 5) is 57.7. The highest BCUT2D eigenvalue weighted by Gasteiger charge is 2.18. The van der Waals surface area contributed by atoms with Gasteiger partial charge in [-0.1, -0.05) is 63.4 Å². The Bertz CT molecular complexity index is 4560. The maximum absolute atomic E-state index is 13.7. The quantitative estimate of drug-likeness (QED) is 0.0125. The monoisotopic (exact) mass is 1520 g/mol. The lowest BCUT2D eigenvalue weighted by Crippen LogP contribution is -2.22. The van der Waals surface area contributed by atoms with Crippen LogP contribution < -0.4 is 96.6 Å². The number of benzene rings is 6. The minimum Gasteiger partial charge on any atom is -0.386 e. The second-order valence-electron chi connectivity index (χ2n) is 24.4. The van der Waals surface area contributed by atoms with Gasteiger partial charge in [-0.25, -0.2) is 0 Å². The van der Waals surface area contributed by atoms with Crippen molar-refractivity contribution in [1.29, 1.82) is 5.41 Å². The molecule has 0 heterocycles. The zero-order valence-electron chi connectivity index (χ0n) is 61.7. The van der Waals surface area contributed by atoms with Crippen LogP contribution in [0.3, 0.4) is 0 Å². The van der Waals surface area contributed by atoms with Crippen LogP contribution in [0.2, 0.25) is 0 Å². The molecule has 33 N–H and O–H groups in total. The Balaban J connectivity index is 0.000000566. The van der Waals surface area contributed by atoms with Crippen molar-refractivity contribution in [1.82, 2.24) is 0 Å². The first-order valence-electron chi connectivity index (χ1n) is 33.2. The van der Waals surface area contributed by atoms with Crippen molar-refractivity contribution in [2.24, 2.45) is 162 Å². The van der Waals surface area contributed by atoms with Crippen molar-refractivity contribution in [2.45, 2.75) is 115 Å². The number of nitrogens with zero attached hydrogens (tertiary/aromatic N) is 15. The Morgan fingerprint density at radius 1 is 0.306 bits per heavy atom. The second-order valence-corrected chi connectivity index (χ2v) is 24.4. The minimum absolute atomic E-state index is 0. The highest BCUT2D eigenvalue weighted by molar-refractivity contribution is 6.11. The van der Waals surface area contributed by atoms with Crippen LogP contribution in [0.4, 0.5) is 11.4 Å². The van der Waals surface area contributed by atoms with Crippen molar-refractivity contribution in [3.63, 3.8) is 0 Å². The number of amidine groups is 1. The summed E-state index contributed by atoms with van der Waals surface area (Å²) in [5.41, 5.74) is 96.1. The van der Waals surface area contributed by atoms with Gasteiger partial charge in [0, 0.05) is 77.0 Å². The first-order valence-corrected chi connectivity index (χ1v) is 33.2. The minimum atomic E-state index is -0.228. The molecule has 0 aliphatic carbocycles. The van der Waals surface area contributed by atoms with Crippen LogP contribution in [0, 0.1) is 5.41 Å². The van der Waals surface area contributed by atoms with Gasteiger partial charge in [-0.15, -0.1) is 35.7 Å². The lowest BCUT2D eigenvalue weighted by atomic mass is 9.94. The molecule has 0 radical (unpaired) electrons. The lowest BCUT2D eigenvalue weighted by molar-refractivity contribution is -0.118. The molecule has 0 atom stereocenters. The predicted octanol–water partition coefficient (Wildman–Crippen LogP) is 3.29. The van der Waals surface area contributed by atoms with Gasteiger partial charge in [-0.2, -0.15) is 35.7 Å². The number of hydrogen-bond donors (Lipinski definition) is 18. The molecule has 111 heavy (non-hydrogen) atoms. The van der Waals surface area contributed by atoms with Gasteiger partial charge in [0.25, 0.3) is 0 Å². The number of amides is 2. The van der Waals surface area contributed by atoms with E-state index >= 15 is 0 Å². The number of aryl methyl sites for hydroxylation is 2. The molecule has 37 heteroatoms. The third kappa shape index (κ3) is 32.7. The van der Waals surface area contributed by atoms with E-state index in [4.69, 9.17) is 91.4 Å². The first-order chi connectivity index (χ1) is 51.5. The molecule has 0 bridgehead atoms. The van der Waals surface area contributed by atoms with Crippen molar-refractivity contribution in [3.8, 4) is 0 Å². The van der Waals surface area contributed by atoms with Crippen molar-refractivity contribution in [3.05, 3.63) is 199 Å². The van der Waals surface area contributed by atoms with Gasteiger partial charge in [0.05, 0.1) is 46.5 Å². The molecule has 0 aliphatic rings. The molecule has 0 saturated heterocycles. The normalized spacial score (nSPS) is 11.8. The highest BCUT2D eigenvalue weighted by Crippen LogP contribution is 2.23. The maximum Gasteiger partial charge on any atom is 0.224 e. The summed E-state index contributed by atoms with van der Waals surface area (Å²) in [6, 6.07) is 36.2. The Morgan fingerprint density at radius 3 is 0.865 bits per heavy atom. The number of ketones is 2. The number of aliphatic imine (C=N–C) groups is 1. The number of hydrogen-bond acceptors (Lipinski definition) is 20. The number of carbonyl (C=O) groups excluding carboxylic acids is 4. The van der Waals surface area contributed by atoms with E-state index in [0.717, 1.165) is 33.4 Å². The fraction of sp³-hybridized carbons (Fsp3) is 0.243. The van der Waals surface area contributed by atoms with Crippen LogP contribution >= 0.6 is 0 Å². The van der Waals surface area contributed by atoms with E-state index in [1.165, 1.54) is 0 Å². The molecule has 6 rings (SSSR count). The van der Waals surface area contributed by atoms with Crippen LogP contribution in [-0.4, -0.2) is 123 Å². The molecule has 0 aromatic heterocycles. The molecule has 0 fully saturated rings. The van der Waals surface area contributed by atoms with Crippen molar-refractivity contribution >= 4 is 128 Å². The summed E-state index contributed by atoms with van der Waals surface area (Å²) in [6.07, 6.45) is 1.55. The van der Waals surface area contributed by atoms with Gasteiger partial charge in [-0.3, -0.25) is 29.6 Å². The number of nitrogens with one attached hydrogen (secondary N) is 3. The lowest BCUT2D eigenvalue weighted by Gasteiger charge is -2.12. The van der Waals surface area contributed by atoms with Gasteiger partial charge in [0.15, 0.2) is 5.78 Å². The van der Waals surface area contributed by atoms with E-state index < -0.39 is 0 Å². The molecule has 0 spiro atoms. The fourth-order valence-corrected chi connectivity index (χ4v) is 9.84. The number of carbonyl (C=O) groups is 4. The summed E-state index contributed by atoms with van der Waals surface area (Å²) in [6.45, 7) is 13.8. The molecule has 0 saturated carbocycles. The predicted molar refractivity (Wildman–Crippen MR) is 452 cm³/mol. The van der Waals surface area contributed by atoms with Crippen LogP contribution in [0.25, 0.3) is 0 Å². The van der Waals surface area contributed by atoms with Gasteiger partial charge in [-0.05, 0) is 191 Å². The molecule has 0 aliphatic heterocycles. The number of guanidine groups is 7. The van der Waals surface area contributed by atoms with Crippen molar-refractivity contribution in [2.75, 3.05) is 17.2 Å². The molecule has 37 nitrogen and oxygen atoms in total. The molecular weight excluding hydrogens is 1420 g/mol. The third-order valence-corrected chi connectivity index (χ3v) is 15.1. The highest BCUT2D eigenvalue weighted by atomic mass is 16.2. The SMILES string of the molecule is C.C.C/C(=N\N=C(N)N)c1cc(NC(=O)CCc2cccc(CCC(=O)Nc3cc(/C(C)=N/N=C(N)N)cc(/C(C)=N/N=C(N)N)c3)c2)cc(/C(C)=N/N=C(N)N)c1.CC(=NCC(=N)N)c1cc(CC(=O)Cc2cccc(CC(=O)c3cc(/C(C)=N/N=C(N)N)cc(/C(C)=N/N=C(N)N)c3)c2)cc(/C(C)=N/N=C(N)N)c1. The van der Waals surface area contributed by atoms with Gasteiger partial charge < -0.3 is 96.6 Å². The van der Waals surface area contributed by atoms with Crippen molar-refractivity contribution < 1.29 is 19.2 Å². The number of nitrogens with two attached hydrogens (primary N) is 15. The van der Waals surface area contributed by atoms with E-state index in [2.05, 4.69) is 87.0 Å². The van der Waals surface area contributed by atoms with Crippen LogP contribution in [-0.2, 0) is 46.5 Å². The molecule has 2 amide bonds. The van der Waals surface area contributed by atoms with Gasteiger partial charge in [0.1, 0.15) is 11.6 Å². The van der Waals surface area contributed by atoms with E-state index in [0.29, 0.717) is 114 Å². The molecule has 6 aromatic rings. The summed E-state index contributed by atoms with van der Waals surface area (Å²) in [7, 11) is 0. The maximum atomic E-state index is 13.7. The van der Waals surface area contributed by atoms with E-state index in [1.807, 2.05) is 66.7 Å². The van der Waals surface area contributed by atoms with Crippen LogP contribution in [0.15, 0.2) is 198 Å². The summed E-state index contributed by atoms with van der Waals surface area (Å²) in [5.74, 6) is -2.19. The van der Waals surface area contributed by atoms with E-state index in [9.17, 15) is 19.2 Å². The molecule has 0 unspecified atom stereocenters. The van der Waals surface area contributed by atoms with Crippen LogP contribution in [0.1, 0.15) is 166 Å². The third-order valence-electron chi connectivity index (χ3n) is 15.1. The summed E-state index contributed by atoms with van der Waals surface area (Å²) < 4.78 is 0. The first kappa shape index (κ1) is 90.5. The standard InChI is InChI=1S/C36H48N18O2.C36H45N15O2.2CH4/c1-19(47-51-33(37)38)25-13-26(20(2)48-52-34(39)40)16-29(15-25)45-31(55)10-8-23-6-5-7-24(12-23)9-11-32(56)46-30-17-27(21(3)49-53-35(41)42)14-28(18-30)22(4)50-54-36(43)44;1-19(45-18-33(37)38)26-9-25(10-27(14-26)20(2)46-49-34(39)40)12-31(52)11-23-6-5-7-24(8-23)13-32(53)30-16-28(21(3)47-50-35(41)42)15-29(17-30)22(4)48-51-36(43)44;;/h5-7,12-18H,8-11H2,1-4H3,(H,45,55)(H,46,56)(H4,37,38,51)(H4,39,40,52)(H4,41,42,53)(H4,43,44,54);5-10,14-17H,11-13,18H2,1-4H3,(H3,37,38)(H4,39,40,49)(H4,41,42,50)(H4,43,44,51);2*1H4/b47-19+,48-20+,49-21+,50-22+;45-19?,46-20+,47-21+,48-22+;;. The Kier molecular flexibility index (Phi) is 36.1. The smallest absolute Gasteiger partial charge is 0.224 e. The second kappa shape index (κ2) is 44.3. The Hall–Kier alpha value is -14.7. The zero-order valence-corrected chi connectivity index (χ0v) is 61.7. The summed E-state index contributed by atoms with van der Waals surface area (Å²) >= 11 is 0. The van der Waals surface area contributed by atoms with Crippen LogP contribution in [0.5, 0.6) is 0 Å². The molecule has 586 valence electrons. The zero-order chi connectivity index (χ0) is 80.6. The Morgan fingerprint density at radius 2 is 0.559 bits per heavy atom. The average Bonchev–Trinajstić information content (AvgIpc) is 0.833. The summed E-state index contributed by atoms with van der Waals surface area (Å²) in [5, 5.41) is 67.7. The largest absolute Gasteiger partial charge is 0.386 e. The topological polar surface area (TPSA) is 692 Å². The van der Waals surface area contributed by atoms with Gasteiger partial charge >= 0.3 is 0 Å². The van der Waals surface area contributed by atoms with E-state index in [-0.39, 0.29) is 124 Å².